The maximum Gasteiger partial charge on any atom is 0.130 e. The van der Waals surface area contributed by atoms with E-state index in [1.807, 2.05) is 78.9 Å². The van der Waals surface area contributed by atoms with Gasteiger partial charge in [-0.15, -0.1) is 0 Å². The van der Waals surface area contributed by atoms with Gasteiger partial charge in [-0.1, -0.05) is 6.07 Å². The van der Waals surface area contributed by atoms with Gasteiger partial charge >= 0.3 is 0 Å². The standard InChI is InChI=1S/C24H21N3O3/c1-28-24-16-23(30-17-21-5-2-3-13-25-21)11-8-18(24)7-9-19-15-20(27-26-19)10-12-22-6-4-14-29-22/h2-16H,17H2,1H3,(H,26,27)/b9-7+,12-10+. The number of methoxy groups -OCH3 is 1. The first-order chi connectivity index (χ1) is 14.8. The molecule has 6 nitrogen and oxygen atoms in total. The summed E-state index contributed by atoms with van der Waals surface area (Å²) in [5, 5.41) is 7.29. The summed E-state index contributed by atoms with van der Waals surface area (Å²) in [5.74, 6) is 2.23. The molecule has 4 aromatic rings. The first kappa shape index (κ1) is 19.3. The van der Waals surface area contributed by atoms with Crippen molar-refractivity contribution in [2.75, 3.05) is 7.11 Å². The number of benzene rings is 1. The highest BCUT2D eigenvalue weighted by Crippen LogP contribution is 2.27. The molecule has 3 aromatic heterocycles. The zero-order valence-corrected chi connectivity index (χ0v) is 16.5. The monoisotopic (exact) mass is 399 g/mol. The number of furan rings is 1. The number of pyridine rings is 1. The molecule has 1 N–H and O–H groups in total. The molecule has 0 bridgehead atoms. The van der Waals surface area contributed by atoms with Crippen molar-refractivity contribution in [2.45, 2.75) is 6.61 Å². The van der Waals surface area contributed by atoms with Crippen LogP contribution in [0.15, 0.2) is 71.5 Å². The van der Waals surface area contributed by atoms with Crippen LogP contribution in [-0.4, -0.2) is 22.3 Å². The Hall–Kier alpha value is -4.06. The van der Waals surface area contributed by atoms with E-state index in [1.54, 1.807) is 19.6 Å². The SMILES string of the molecule is COc1cc(OCc2ccccn2)ccc1/C=C/c1cc(/C=C/c2ccco2)[nH]n1. The molecule has 0 amide bonds. The molecule has 0 saturated carbocycles. The first-order valence-corrected chi connectivity index (χ1v) is 9.46. The number of ether oxygens (including phenoxy) is 2. The molecule has 0 aliphatic rings. The molecule has 150 valence electrons. The lowest BCUT2D eigenvalue weighted by Crippen LogP contribution is -1.98. The lowest BCUT2D eigenvalue weighted by Gasteiger charge is -2.09. The molecule has 0 aliphatic carbocycles. The van der Waals surface area contributed by atoms with Crippen molar-refractivity contribution in [1.82, 2.24) is 15.2 Å². The Kier molecular flexibility index (Phi) is 6.05. The van der Waals surface area contributed by atoms with E-state index in [0.29, 0.717) is 6.61 Å². The van der Waals surface area contributed by atoms with Crippen molar-refractivity contribution in [3.63, 3.8) is 0 Å². The van der Waals surface area contributed by atoms with Gasteiger partial charge in [-0.2, -0.15) is 5.10 Å². The number of hydrogen-bond donors (Lipinski definition) is 1. The van der Waals surface area contributed by atoms with Crippen molar-refractivity contribution < 1.29 is 13.9 Å². The van der Waals surface area contributed by atoms with Crippen LogP contribution < -0.4 is 9.47 Å². The molecule has 3 heterocycles. The van der Waals surface area contributed by atoms with Crippen LogP contribution in [0.25, 0.3) is 24.3 Å². The molecule has 0 spiro atoms. The number of nitrogens with one attached hydrogen (secondary N) is 1. The average Bonchev–Trinajstić information content (AvgIpc) is 3.48. The molecule has 0 unspecified atom stereocenters. The fourth-order valence-corrected chi connectivity index (χ4v) is 2.82. The third-order valence-corrected chi connectivity index (χ3v) is 4.34. The smallest absolute Gasteiger partial charge is 0.130 e. The van der Waals surface area contributed by atoms with E-state index in [1.165, 1.54) is 0 Å². The molecule has 1 aromatic carbocycles. The van der Waals surface area contributed by atoms with Crippen molar-refractivity contribution >= 4 is 24.3 Å². The van der Waals surface area contributed by atoms with Gasteiger partial charge in [-0.05, 0) is 66.8 Å². The van der Waals surface area contributed by atoms with Crippen molar-refractivity contribution in [1.29, 1.82) is 0 Å². The molecular formula is C24H21N3O3. The van der Waals surface area contributed by atoms with Gasteiger partial charge in [0.1, 0.15) is 23.9 Å². The van der Waals surface area contributed by atoms with E-state index >= 15 is 0 Å². The number of nitrogens with zero attached hydrogens (tertiary/aromatic N) is 2. The Morgan fingerprint density at radius 2 is 1.97 bits per heavy atom. The Morgan fingerprint density at radius 3 is 2.77 bits per heavy atom. The van der Waals surface area contributed by atoms with E-state index < -0.39 is 0 Å². The number of hydrogen-bond acceptors (Lipinski definition) is 5. The average molecular weight is 399 g/mol. The number of rotatable bonds is 8. The van der Waals surface area contributed by atoms with Gasteiger partial charge in [-0.3, -0.25) is 10.1 Å². The van der Waals surface area contributed by atoms with E-state index in [4.69, 9.17) is 13.9 Å². The molecule has 4 rings (SSSR count). The molecule has 0 atom stereocenters. The van der Waals surface area contributed by atoms with Crippen LogP contribution in [0.4, 0.5) is 0 Å². The Balaban J connectivity index is 1.41. The third kappa shape index (κ3) is 5.05. The predicted octanol–water partition coefficient (Wildman–Crippen LogP) is 5.33. The second-order valence-electron chi connectivity index (χ2n) is 6.44. The fourth-order valence-electron chi connectivity index (χ4n) is 2.82. The predicted molar refractivity (Wildman–Crippen MR) is 117 cm³/mol. The van der Waals surface area contributed by atoms with E-state index in [9.17, 15) is 0 Å². The van der Waals surface area contributed by atoms with Crippen LogP contribution in [-0.2, 0) is 6.61 Å². The Morgan fingerprint density at radius 1 is 1.00 bits per heavy atom. The maximum atomic E-state index is 5.81. The van der Waals surface area contributed by atoms with E-state index in [2.05, 4.69) is 15.2 Å². The first-order valence-electron chi connectivity index (χ1n) is 9.46. The zero-order chi connectivity index (χ0) is 20.6. The van der Waals surface area contributed by atoms with Gasteiger partial charge in [0.25, 0.3) is 0 Å². The van der Waals surface area contributed by atoms with Crippen LogP contribution in [0.5, 0.6) is 11.5 Å². The number of aromatic amines is 1. The maximum absolute atomic E-state index is 5.81. The third-order valence-electron chi connectivity index (χ3n) is 4.34. The van der Waals surface area contributed by atoms with E-state index in [0.717, 1.165) is 39.9 Å². The topological polar surface area (TPSA) is 73.2 Å². The zero-order valence-electron chi connectivity index (χ0n) is 16.5. The van der Waals surface area contributed by atoms with E-state index in [-0.39, 0.29) is 0 Å². The van der Waals surface area contributed by atoms with Crippen molar-refractivity contribution in [3.8, 4) is 11.5 Å². The molecule has 0 saturated heterocycles. The van der Waals surface area contributed by atoms with Crippen LogP contribution in [0.2, 0.25) is 0 Å². The molecule has 0 fully saturated rings. The minimum absolute atomic E-state index is 0.404. The second-order valence-corrected chi connectivity index (χ2v) is 6.44. The number of H-pyrrole nitrogens is 1. The summed E-state index contributed by atoms with van der Waals surface area (Å²) < 4.78 is 16.6. The Bertz CT molecular complexity index is 1130. The molecule has 0 radical (unpaired) electrons. The normalized spacial score (nSPS) is 11.4. The van der Waals surface area contributed by atoms with Gasteiger partial charge in [0, 0.05) is 17.8 Å². The molecular weight excluding hydrogens is 378 g/mol. The quantitative estimate of drug-likeness (QED) is 0.434. The van der Waals surface area contributed by atoms with Gasteiger partial charge in [0.15, 0.2) is 0 Å². The molecule has 30 heavy (non-hydrogen) atoms. The largest absolute Gasteiger partial charge is 0.496 e. The summed E-state index contributed by atoms with van der Waals surface area (Å²) in [4.78, 5) is 4.26. The van der Waals surface area contributed by atoms with Crippen LogP contribution in [0.3, 0.4) is 0 Å². The highest BCUT2D eigenvalue weighted by atomic mass is 16.5. The molecule has 0 aliphatic heterocycles. The van der Waals surface area contributed by atoms with Crippen LogP contribution in [0, 0.1) is 0 Å². The lowest BCUT2D eigenvalue weighted by molar-refractivity contribution is 0.299. The van der Waals surface area contributed by atoms with Gasteiger partial charge in [-0.25, -0.2) is 0 Å². The summed E-state index contributed by atoms with van der Waals surface area (Å²) in [6, 6.07) is 17.2. The minimum Gasteiger partial charge on any atom is -0.496 e. The van der Waals surface area contributed by atoms with Crippen molar-refractivity contribution in [2.24, 2.45) is 0 Å². The fraction of sp³-hybridized carbons (Fsp3) is 0.0833. The van der Waals surface area contributed by atoms with Crippen LogP contribution in [0.1, 0.15) is 28.4 Å². The summed E-state index contributed by atoms with van der Waals surface area (Å²) >= 11 is 0. The minimum atomic E-state index is 0.404. The highest BCUT2D eigenvalue weighted by Gasteiger charge is 2.04. The van der Waals surface area contributed by atoms with Crippen molar-refractivity contribution in [3.05, 3.63) is 95.5 Å². The molecule has 6 heteroatoms. The lowest BCUT2D eigenvalue weighted by atomic mass is 10.1. The second kappa shape index (κ2) is 9.43. The van der Waals surface area contributed by atoms with Gasteiger partial charge < -0.3 is 13.9 Å². The summed E-state index contributed by atoms with van der Waals surface area (Å²) in [6.07, 6.45) is 11.1. The Labute approximate surface area is 174 Å². The summed E-state index contributed by atoms with van der Waals surface area (Å²) in [5.41, 5.74) is 3.50. The number of aromatic nitrogens is 3. The highest BCUT2D eigenvalue weighted by molar-refractivity contribution is 5.73. The van der Waals surface area contributed by atoms with Crippen LogP contribution >= 0.6 is 0 Å². The van der Waals surface area contributed by atoms with Gasteiger partial charge in [0.2, 0.25) is 0 Å². The summed E-state index contributed by atoms with van der Waals surface area (Å²) in [7, 11) is 1.64. The summed E-state index contributed by atoms with van der Waals surface area (Å²) in [6.45, 7) is 0.404. The van der Waals surface area contributed by atoms with Gasteiger partial charge in [0.05, 0.1) is 30.5 Å².